The molecule has 2 aromatic carbocycles. The predicted molar refractivity (Wildman–Crippen MR) is 115 cm³/mol. The van der Waals surface area contributed by atoms with E-state index in [0.717, 1.165) is 23.9 Å². The second kappa shape index (κ2) is 9.18. The highest BCUT2D eigenvalue weighted by Crippen LogP contribution is 2.36. The van der Waals surface area contributed by atoms with Crippen LogP contribution < -0.4 is 14.2 Å². The molecule has 170 valence electrons. The third-order valence-corrected chi connectivity index (χ3v) is 6.13. The Morgan fingerprint density at radius 1 is 1.22 bits per heavy atom. The molecular weight excluding hydrogens is 489 g/mol. The van der Waals surface area contributed by atoms with Gasteiger partial charge in [0.2, 0.25) is 5.82 Å². The van der Waals surface area contributed by atoms with Crippen molar-refractivity contribution in [3.8, 4) is 17.2 Å². The number of aromatic nitrogens is 3. The maximum Gasteiger partial charge on any atom is 0.330 e. The summed E-state index contributed by atoms with van der Waals surface area (Å²) < 4.78 is 53.3. The molecule has 0 amide bonds. The van der Waals surface area contributed by atoms with Crippen LogP contribution in [0.2, 0.25) is 5.02 Å². The van der Waals surface area contributed by atoms with E-state index in [0.29, 0.717) is 17.2 Å². The summed E-state index contributed by atoms with van der Waals surface area (Å²) in [5.74, 6) is -0.415. The van der Waals surface area contributed by atoms with Crippen molar-refractivity contribution in [1.82, 2.24) is 14.8 Å². The summed E-state index contributed by atoms with van der Waals surface area (Å²) in [5, 5.41) is 14.3. The first-order valence-corrected chi connectivity index (χ1v) is 11.6. The van der Waals surface area contributed by atoms with Crippen molar-refractivity contribution < 1.29 is 27.2 Å². The number of ether oxygens (including phenoxy) is 2. The zero-order valence-corrected chi connectivity index (χ0v) is 19.1. The Hall–Kier alpha value is -3.10. The quantitative estimate of drug-likeness (QED) is 0.278. The number of nitrogens with zero attached hydrogens (tertiary/aromatic N) is 4. The summed E-state index contributed by atoms with van der Waals surface area (Å²) >= 11 is 6.98. The molecule has 1 heterocycles. The minimum Gasteiger partial charge on any atom is -0.497 e. The summed E-state index contributed by atoms with van der Waals surface area (Å²) in [5.41, 5.74) is -1.47. The van der Waals surface area contributed by atoms with Gasteiger partial charge < -0.3 is 9.47 Å². The average Bonchev–Trinajstić information content (AvgIpc) is 3.21. The molecule has 0 atom stereocenters. The molecule has 15 heteroatoms. The molecule has 1 N–H and O–H groups in total. The lowest BCUT2D eigenvalue weighted by atomic mass is 10.2. The average molecular weight is 504 g/mol. The first kappa shape index (κ1) is 23.6. The van der Waals surface area contributed by atoms with Crippen LogP contribution in [0.5, 0.6) is 11.5 Å². The van der Waals surface area contributed by atoms with Crippen LogP contribution in [0.4, 0.5) is 15.8 Å². The zero-order valence-electron chi connectivity index (χ0n) is 16.7. The molecule has 0 saturated carbocycles. The van der Waals surface area contributed by atoms with Gasteiger partial charge in [-0.1, -0.05) is 23.4 Å². The highest BCUT2D eigenvalue weighted by atomic mass is 35.5. The third kappa shape index (κ3) is 4.56. The molecule has 3 aromatic rings. The second-order valence-corrected chi connectivity index (χ2v) is 8.74. The number of hydrogen-bond acceptors (Lipinski definition) is 9. The Morgan fingerprint density at radius 3 is 2.38 bits per heavy atom. The minimum atomic E-state index is -4.58. The molecule has 0 aliphatic heterocycles. The van der Waals surface area contributed by atoms with Crippen LogP contribution in [0.3, 0.4) is 0 Å². The van der Waals surface area contributed by atoms with Gasteiger partial charge in [-0.3, -0.25) is 14.8 Å². The van der Waals surface area contributed by atoms with E-state index in [-0.39, 0.29) is 10.2 Å². The minimum absolute atomic E-state index is 0.181. The number of halogens is 2. The molecule has 0 bridgehead atoms. The van der Waals surface area contributed by atoms with Crippen LogP contribution in [-0.2, 0) is 10.0 Å². The standard InChI is InChI=1S/C17H15ClFN5O6S2/c1-29-10-6-9(7-11(8-10)30-2)23-17(31-3)20-16(21-23)32(27,28)22-14-12(18)4-5-13(19)15(14)24(25)26/h4-8,22H,1-3H3. The van der Waals surface area contributed by atoms with E-state index in [1.165, 1.54) is 18.9 Å². The van der Waals surface area contributed by atoms with Gasteiger partial charge >= 0.3 is 5.69 Å². The van der Waals surface area contributed by atoms with E-state index < -0.39 is 37.3 Å². The van der Waals surface area contributed by atoms with E-state index in [4.69, 9.17) is 21.1 Å². The van der Waals surface area contributed by atoms with Gasteiger partial charge in [-0.15, -0.1) is 5.10 Å². The van der Waals surface area contributed by atoms with Crippen molar-refractivity contribution in [2.75, 3.05) is 25.2 Å². The number of hydrogen-bond donors (Lipinski definition) is 1. The molecule has 11 nitrogen and oxygen atoms in total. The van der Waals surface area contributed by atoms with Crippen LogP contribution in [0.1, 0.15) is 0 Å². The topological polar surface area (TPSA) is 138 Å². The number of sulfonamides is 1. The number of benzene rings is 2. The number of thioether (sulfide) groups is 1. The van der Waals surface area contributed by atoms with Crippen molar-refractivity contribution in [1.29, 1.82) is 0 Å². The van der Waals surface area contributed by atoms with Gasteiger partial charge in [0.15, 0.2) is 5.16 Å². The van der Waals surface area contributed by atoms with Crippen LogP contribution in [0, 0.1) is 15.9 Å². The lowest BCUT2D eigenvalue weighted by Crippen LogP contribution is -2.17. The fraction of sp³-hybridized carbons (Fsp3) is 0.176. The van der Waals surface area contributed by atoms with E-state index in [2.05, 4.69) is 10.1 Å². The molecule has 0 unspecified atom stereocenters. The van der Waals surface area contributed by atoms with Crippen LogP contribution in [0.15, 0.2) is 40.6 Å². The fourth-order valence-corrected chi connectivity index (χ4v) is 4.38. The largest absolute Gasteiger partial charge is 0.497 e. The Bertz CT molecular complexity index is 1280. The number of nitrogens with one attached hydrogen (secondary N) is 1. The number of rotatable bonds is 8. The first-order valence-electron chi connectivity index (χ1n) is 8.51. The number of nitro groups is 1. The number of methoxy groups -OCH3 is 2. The van der Waals surface area contributed by atoms with Gasteiger partial charge in [-0.2, -0.15) is 17.8 Å². The van der Waals surface area contributed by atoms with Crippen molar-refractivity contribution in [2.45, 2.75) is 10.3 Å². The van der Waals surface area contributed by atoms with E-state index >= 15 is 0 Å². The molecule has 0 radical (unpaired) electrons. The van der Waals surface area contributed by atoms with Crippen molar-refractivity contribution in [2.24, 2.45) is 0 Å². The smallest absolute Gasteiger partial charge is 0.330 e. The van der Waals surface area contributed by atoms with Crippen molar-refractivity contribution in [3.05, 3.63) is 51.3 Å². The maximum absolute atomic E-state index is 13.9. The zero-order chi connectivity index (χ0) is 23.6. The number of anilines is 1. The molecule has 1 aromatic heterocycles. The Kier molecular flexibility index (Phi) is 6.76. The SMILES string of the molecule is COc1cc(OC)cc(-n2nc(S(=O)(=O)Nc3c(Cl)ccc(F)c3[N+](=O)[O-])nc2SC)c1. The molecular formula is C17H15ClFN5O6S2. The molecule has 0 aliphatic rings. The third-order valence-electron chi connectivity index (χ3n) is 4.06. The van der Waals surface area contributed by atoms with Crippen LogP contribution >= 0.6 is 23.4 Å². The van der Waals surface area contributed by atoms with Gasteiger partial charge in [-0.05, 0) is 18.4 Å². The molecule has 32 heavy (non-hydrogen) atoms. The molecule has 0 spiro atoms. The Labute approximate surface area is 190 Å². The summed E-state index contributed by atoms with van der Waals surface area (Å²) in [6.45, 7) is 0. The second-order valence-electron chi connectivity index (χ2n) is 5.98. The van der Waals surface area contributed by atoms with Gasteiger partial charge in [0, 0.05) is 18.2 Å². The van der Waals surface area contributed by atoms with Gasteiger partial charge in [0.1, 0.15) is 17.2 Å². The van der Waals surface area contributed by atoms with E-state index in [1.807, 2.05) is 4.72 Å². The molecule has 3 rings (SSSR count). The summed E-state index contributed by atoms with van der Waals surface area (Å²) in [7, 11) is -1.69. The van der Waals surface area contributed by atoms with Gasteiger partial charge in [-0.25, -0.2) is 4.68 Å². The highest BCUT2D eigenvalue weighted by molar-refractivity contribution is 7.98. The molecule has 0 aliphatic carbocycles. The fourth-order valence-electron chi connectivity index (χ4n) is 2.61. The predicted octanol–water partition coefficient (Wildman–Crippen LogP) is 3.51. The normalized spacial score (nSPS) is 11.3. The Morgan fingerprint density at radius 2 is 1.84 bits per heavy atom. The monoisotopic (exact) mass is 503 g/mol. The lowest BCUT2D eigenvalue weighted by Gasteiger charge is -2.09. The summed E-state index contributed by atoms with van der Waals surface area (Å²) in [6.07, 6.45) is 1.65. The van der Waals surface area contributed by atoms with Crippen molar-refractivity contribution in [3.63, 3.8) is 0 Å². The van der Waals surface area contributed by atoms with E-state index in [1.54, 1.807) is 24.5 Å². The highest BCUT2D eigenvalue weighted by Gasteiger charge is 2.30. The van der Waals surface area contributed by atoms with E-state index in [9.17, 15) is 22.9 Å². The maximum atomic E-state index is 13.9. The lowest BCUT2D eigenvalue weighted by molar-refractivity contribution is -0.386. The Balaban J connectivity index is 2.10. The van der Waals surface area contributed by atoms with Gasteiger partial charge in [0.25, 0.3) is 15.2 Å². The van der Waals surface area contributed by atoms with Crippen LogP contribution in [-0.4, -0.2) is 48.6 Å². The summed E-state index contributed by atoms with van der Waals surface area (Å²) in [4.78, 5) is 14.1. The number of nitro benzene ring substituents is 1. The van der Waals surface area contributed by atoms with Gasteiger partial charge in [0.05, 0.1) is 29.9 Å². The molecule has 0 saturated heterocycles. The summed E-state index contributed by atoms with van der Waals surface area (Å²) in [6, 6.07) is 6.52. The van der Waals surface area contributed by atoms with Crippen molar-refractivity contribution >= 4 is 44.8 Å². The van der Waals surface area contributed by atoms with Crippen LogP contribution in [0.25, 0.3) is 5.69 Å². The molecule has 0 fully saturated rings. The first-order chi connectivity index (χ1) is 15.1.